The van der Waals surface area contributed by atoms with Gasteiger partial charge in [-0.3, -0.25) is 4.79 Å². The van der Waals surface area contributed by atoms with Gasteiger partial charge in [-0.2, -0.15) is 0 Å². The molecular formula is C15H37NO3Si3. The third kappa shape index (κ3) is 10.7. The molecule has 0 bridgehead atoms. The topological polar surface area (TPSA) is 38.8 Å². The maximum Gasteiger partial charge on any atom is 0.293 e. The summed E-state index contributed by atoms with van der Waals surface area (Å²) in [6.45, 7) is 19.6. The van der Waals surface area contributed by atoms with Crippen LogP contribution >= 0.6 is 0 Å². The largest absolute Gasteiger partial charge is 0.520 e. The quantitative estimate of drug-likeness (QED) is 0.547. The smallest absolute Gasteiger partial charge is 0.293 e. The zero-order valence-electron chi connectivity index (χ0n) is 16.2. The Kier molecular flexibility index (Phi) is 8.79. The first-order chi connectivity index (χ1) is 9.77. The molecular weight excluding hydrogens is 326 g/mol. The molecule has 0 aromatic rings. The summed E-state index contributed by atoms with van der Waals surface area (Å²) in [6.07, 6.45) is 1.67. The van der Waals surface area contributed by atoms with Crippen LogP contribution in [0, 0.1) is 0 Å². The Morgan fingerprint density at radius 3 is 1.91 bits per heavy atom. The van der Waals surface area contributed by atoms with E-state index in [0.29, 0.717) is 6.42 Å². The van der Waals surface area contributed by atoms with Crippen molar-refractivity contribution < 1.29 is 13.6 Å². The van der Waals surface area contributed by atoms with E-state index in [9.17, 15) is 4.79 Å². The van der Waals surface area contributed by atoms with Crippen molar-refractivity contribution in [1.82, 2.24) is 4.57 Å². The summed E-state index contributed by atoms with van der Waals surface area (Å²) in [5.74, 6) is -0.0333. The van der Waals surface area contributed by atoms with Gasteiger partial charge in [-0.05, 0) is 51.7 Å². The van der Waals surface area contributed by atoms with Crippen LogP contribution in [0.4, 0.5) is 0 Å². The molecule has 0 heterocycles. The van der Waals surface area contributed by atoms with E-state index in [2.05, 4.69) is 56.9 Å². The zero-order chi connectivity index (χ0) is 17.6. The first kappa shape index (κ1) is 22.0. The van der Waals surface area contributed by atoms with Crippen LogP contribution in [0.25, 0.3) is 0 Å². The van der Waals surface area contributed by atoms with Gasteiger partial charge in [-0.15, -0.1) is 0 Å². The van der Waals surface area contributed by atoms with Gasteiger partial charge in [0.05, 0.1) is 6.42 Å². The molecule has 0 rings (SSSR count). The van der Waals surface area contributed by atoms with Gasteiger partial charge in [0.25, 0.3) is 5.97 Å². The van der Waals surface area contributed by atoms with Crippen molar-refractivity contribution in [3.05, 3.63) is 0 Å². The molecule has 0 saturated carbocycles. The summed E-state index contributed by atoms with van der Waals surface area (Å²) in [7, 11) is -2.82. The Labute approximate surface area is 140 Å². The van der Waals surface area contributed by atoms with E-state index in [0.717, 1.165) is 19.5 Å². The summed E-state index contributed by atoms with van der Waals surface area (Å²) in [5, 5.41) is 0. The van der Waals surface area contributed by atoms with E-state index < -0.39 is 24.9 Å². The van der Waals surface area contributed by atoms with Crippen molar-refractivity contribution in [2.75, 3.05) is 20.2 Å². The van der Waals surface area contributed by atoms with E-state index in [1.54, 1.807) is 0 Å². The van der Waals surface area contributed by atoms with Crippen molar-refractivity contribution in [3.63, 3.8) is 0 Å². The molecule has 0 fully saturated rings. The Morgan fingerprint density at radius 2 is 1.50 bits per heavy atom. The second-order valence-corrected chi connectivity index (χ2v) is 22.4. The molecule has 0 aliphatic heterocycles. The fourth-order valence-electron chi connectivity index (χ4n) is 2.20. The minimum Gasteiger partial charge on any atom is -0.520 e. The van der Waals surface area contributed by atoms with E-state index in [1.807, 2.05) is 7.11 Å². The average Bonchev–Trinajstić information content (AvgIpc) is 2.29. The Hall–Kier alpha value is 0.0406. The summed E-state index contributed by atoms with van der Waals surface area (Å²) in [4.78, 5) is 12.0. The van der Waals surface area contributed by atoms with Crippen molar-refractivity contribution in [3.8, 4) is 0 Å². The Balaban J connectivity index is 4.41. The molecule has 0 N–H and O–H groups in total. The first-order valence-corrected chi connectivity index (χ1v) is 18.3. The third-order valence-corrected chi connectivity index (χ3v) is 9.56. The predicted molar refractivity (Wildman–Crippen MR) is 103 cm³/mol. The minimum atomic E-state index is -1.76. The third-order valence-electron chi connectivity index (χ3n) is 3.71. The van der Waals surface area contributed by atoms with Gasteiger partial charge < -0.3 is 13.4 Å². The molecule has 0 aliphatic carbocycles. The predicted octanol–water partition coefficient (Wildman–Crippen LogP) is 4.13. The molecule has 0 aromatic heterocycles. The summed E-state index contributed by atoms with van der Waals surface area (Å²) < 4.78 is 13.7. The van der Waals surface area contributed by atoms with Crippen LogP contribution in [-0.4, -0.2) is 55.6 Å². The summed E-state index contributed by atoms with van der Waals surface area (Å²) >= 11 is 0. The SMILES string of the molecule is CO[Si](C)(C)CCCN(CCC(=O)O[Si](C)(C)C)[Si](C)(C)C. The molecule has 0 spiro atoms. The molecule has 4 nitrogen and oxygen atoms in total. The number of carbonyl (C=O) groups is 1. The van der Waals surface area contributed by atoms with Crippen molar-refractivity contribution in [1.29, 1.82) is 0 Å². The highest BCUT2D eigenvalue weighted by molar-refractivity contribution is 6.73. The maximum absolute atomic E-state index is 12.0. The Bertz CT molecular complexity index is 349. The molecule has 0 atom stereocenters. The lowest BCUT2D eigenvalue weighted by molar-refractivity contribution is -0.135. The minimum absolute atomic E-state index is 0.0333. The second kappa shape index (κ2) is 8.77. The van der Waals surface area contributed by atoms with Crippen LogP contribution in [-0.2, 0) is 13.6 Å². The molecule has 0 saturated heterocycles. The monoisotopic (exact) mass is 363 g/mol. The molecule has 0 radical (unpaired) electrons. The standard InChI is InChI=1S/C15H37NO3Si3/c1-18-22(8,9)14-10-12-16(20(2,3)4)13-11-15(17)19-21(5,6)7/h10-14H2,1-9H3. The number of hydrogen-bond acceptors (Lipinski definition) is 4. The highest BCUT2D eigenvalue weighted by Gasteiger charge is 2.27. The average molecular weight is 364 g/mol. The van der Waals surface area contributed by atoms with Crippen LogP contribution < -0.4 is 0 Å². The molecule has 0 unspecified atom stereocenters. The van der Waals surface area contributed by atoms with Crippen LogP contribution in [0.1, 0.15) is 12.8 Å². The fourth-order valence-corrected chi connectivity index (χ4v) is 5.81. The highest BCUT2D eigenvalue weighted by Crippen LogP contribution is 2.17. The van der Waals surface area contributed by atoms with Gasteiger partial charge in [-0.1, -0.05) is 19.6 Å². The van der Waals surface area contributed by atoms with E-state index in [-0.39, 0.29) is 5.97 Å². The lowest BCUT2D eigenvalue weighted by Crippen LogP contribution is -2.48. The van der Waals surface area contributed by atoms with Gasteiger partial charge >= 0.3 is 0 Å². The van der Waals surface area contributed by atoms with Gasteiger partial charge in [0.15, 0.2) is 8.32 Å². The molecule has 0 aromatic carbocycles. The van der Waals surface area contributed by atoms with Crippen molar-refractivity contribution >= 4 is 30.8 Å². The number of hydrogen-bond donors (Lipinski definition) is 0. The molecule has 7 heteroatoms. The van der Waals surface area contributed by atoms with E-state index in [1.165, 1.54) is 6.04 Å². The number of rotatable bonds is 10. The van der Waals surface area contributed by atoms with Crippen LogP contribution in [0.15, 0.2) is 0 Å². The normalized spacial score (nSPS) is 13.5. The zero-order valence-corrected chi connectivity index (χ0v) is 19.2. The van der Waals surface area contributed by atoms with Crippen LogP contribution in [0.5, 0.6) is 0 Å². The molecule has 0 amide bonds. The van der Waals surface area contributed by atoms with Gasteiger partial charge in [-0.25, -0.2) is 0 Å². The van der Waals surface area contributed by atoms with Crippen LogP contribution in [0.2, 0.25) is 58.4 Å². The van der Waals surface area contributed by atoms with Gasteiger partial charge in [0.1, 0.15) is 8.24 Å². The lowest BCUT2D eigenvalue weighted by Gasteiger charge is -2.35. The maximum atomic E-state index is 12.0. The molecule has 0 aliphatic rings. The molecule has 22 heavy (non-hydrogen) atoms. The fraction of sp³-hybridized carbons (Fsp3) is 0.933. The summed E-state index contributed by atoms with van der Waals surface area (Å²) in [6, 6.07) is 1.17. The van der Waals surface area contributed by atoms with Crippen LogP contribution in [0.3, 0.4) is 0 Å². The van der Waals surface area contributed by atoms with Gasteiger partial charge in [0, 0.05) is 13.7 Å². The lowest BCUT2D eigenvalue weighted by atomic mass is 10.4. The number of carbonyl (C=O) groups excluding carboxylic acids is 1. The second-order valence-electron chi connectivity index (χ2n) is 8.56. The molecule has 132 valence electrons. The van der Waals surface area contributed by atoms with Crippen molar-refractivity contribution in [2.24, 2.45) is 0 Å². The van der Waals surface area contributed by atoms with Gasteiger partial charge in [0.2, 0.25) is 8.32 Å². The van der Waals surface area contributed by atoms with Crippen molar-refractivity contribution in [2.45, 2.75) is 71.3 Å². The van der Waals surface area contributed by atoms with E-state index in [4.69, 9.17) is 8.85 Å². The first-order valence-electron chi connectivity index (χ1n) is 8.29. The Morgan fingerprint density at radius 1 is 0.955 bits per heavy atom. The number of nitrogens with zero attached hydrogens (tertiary/aromatic N) is 1. The highest BCUT2D eigenvalue weighted by atomic mass is 28.4. The van der Waals surface area contributed by atoms with E-state index >= 15 is 0 Å². The summed E-state index contributed by atoms with van der Waals surface area (Å²) in [5.41, 5.74) is 0.